The highest BCUT2D eigenvalue weighted by Gasteiger charge is 2.35. The molecule has 12 heavy (non-hydrogen) atoms. The minimum atomic E-state index is -4.27. The van der Waals surface area contributed by atoms with Crippen LogP contribution in [0.4, 0.5) is 13.2 Å². The van der Waals surface area contributed by atoms with E-state index in [9.17, 15) is 13.2 Å². The first kappa shape index (κ1) is 9.09. The van der Waals surface area contributed by atoms with Crippen LogP contribution in [0.2, 0.25) is 0 Å². The molecule has 1 aliphatic heterocycles. The van der Waals surface area contributed by atoms with Crippen LogP contribution in [0.15, 0.2) is 16.2 Å². The maximum atomic E-state index is 12.2. The summed E-state index contributed by atoms with van der Waals surface area (Å²) < 4.78 is 36.5. The molecule has 0 aromatic heterocycles. The maximum Gasteiger partial charge on any atom is 0.417 e. The zero-order valence-corrected chi connectivity index (χ0v) is 6.81. The molecular formula is C7H9F3N2. The summed E-state index contributed by atoms with van der Waals surface area (Å²) in [6.45, 7) is 1.70. The molecule has 0 aliphatic carbocycles. The molecule has 0 atom stereocenters. The van der Waals surface area contributed by atoms with Crippen molar-refractivity contribution in [2.24, 2.45) is 5.10 Å². The third kappa shape index (κ3) is 1.78. The van der Waals surface area contributed by atoms with Crippen LogP contribution in [0, 0.1) is 0 Å². The van der Waals surface area contributed by atoms with Crippen LogP contribution in [0.1, 0.15) is 6.92 Å². The molecule has 0 unspecified atom stereocenters. The fraction of sp³-hybridized carbons (Fsp3) is 0.571. The van der Waals surface area contributed by atoms with Crippen molar-refractivity contribution < 1.29 is 13.2 Å². The molecule has 0 amide bonds. The molecule has 0 aromatic carbocycles. The fourth-order valence-electron chi connectivity index (χ4n) is 1.05. The van der Waals surface area contributed by atoms with Gasteiger partial charge in [0.25, 0.3) is 0 Å². The van der Waals surface area contributed by atoms with Crippen molar-refractivity contribution in [3.63, 3.8) is 0 Å². The molecule has 0 spiro atoms. The standard InChI is InChI=1S/C7H9F3N2/c1-5-4-12(2)11-3-6(5)7(8,9)10/h3H,4H2,1-2H3. The van der Waals surface area contributed by atoms with E-state index in [1.54, 1.807) is 7.05 Å². The van der Waals surface area contributed by atoms with Crippen molar-refractivity contribution in [1.82, 2.24) is 5.01 Å². The molecule has 5 heteroatoms. The first-order chi connectivity index (χ1) is 5.41. The molecule has 0 N–H and O–H groups in total. The van der Waals surface area contributed by atoms with Gasteiger partial charge in [-0.3, -0.25) is 5.01 Å². The van der Waals surface area contributed by atoms with E-state index in [0.717, 1.165) is 6.21 Å². The van der Waals surface area contributed by atoms with Gasteiger partial charge in [-0.25, -0.2) is 0 Å². The van der Waals surface area contributed by atoms with Gasteiger partial charge in [-0.1, -0.05) is 0 Å². The quantitative estimate of drug-likeness (QED) is 0.552. The summed E-state index contributed by atoms with van der Waals surface area (Å²) >= 11 is 0. The number of rotatable bonds is 0. The topological polar surface area (TPSA) is 15.6 Å². The summed E-state index contributed by atoms with van der Waals surface area (Å²) in [5.74, 6) is 0. The Hall–Kier alpha value is -1.00. The van der Waals surface area contributed by atoms with E-state index >= 15 is 0 Å². The molecule has 68 valence electrons. The minimum Gasteiger partial charge on any atom is -0.296 e. The Morgan fingerprint density at radius 3 is 2.50 bits per heavy atom. The predicted molar refractivity (Wildman–Crippen MR) is 39.9 cm³/mol. The number of allylic oxidation sites excluding steroid dienone is 1. The van der Waals surface area contributed by atoms with Gasteiger partial charge < -0.3 is 0 Å². The largest absolute Gasteiger partial charge is 0.417 e. The molecule has 0 saturated heterocycles. The summed E-state index contributed by atoms with van der Waals surface area (Å²) in [7, 11) is 1.63. The van der Waals surface area contributed by atoms with E-state index in [2.05, 4.69) is 5.10 Å². The Labute approximate surface area is 68.4 Å². The molecule has 2 nitrogen and oxygen atoms in total. The van der Waals surface area contributed by atoms with Gasteiger partial charge >= 0.3 is 6.18 Å². The van der Waals surface area contributed by atoms with E-state index in [4.69, 9.17) is 0 Å². The van der Waals surface area contributed by atoms with Gasteiger partial charge in [0.15, 0.2) is 0 Å². The van der Waals surface area contributed by atoms with Crippen LogP contribution in [0.25, 0.3) is 0 Å². The highest BCUT2D eigenvalue weighted by Crippen LogP contribution is 2.28. The van der Waals surface area contributed by atoms with Crippen LogP contribution < -0.4 is 0 Å². The summed E-state index contributed by atoms with van der Waals surface area (Å²) in [6.07, 6.45) is -3.41. The number of alkyl halides is 3. The van der Waals surface area contributed by atoms with E-state index in [1.807, 2.05) is 0 Å². The average molecular weight is 178 g/mol. The number of halogens is 3. The Kier molecular flexibility index (Phi) is 2.12. The van der Waals surface area contributed by atoms with Gasteiger partial charge in [0.1, 0.15) is 0 Å². The van der Waals surface area contributed by atoms with E-state index in [-0.39, 0.29) is 6.54 Å². The summed E-state index contributed by atoms with van der Waals surface area (Å²) in [4.78, 5) is 0. The highest BCUT2D eigenvalue weighted by atomic mass is 19.4. The van der Waals surface area contributed by atoms with E-state index in [0.29, 0.717) is 5.57 Å². The summed E-state index contributed by atoms with van der Waals surface area (Å²) in [6, 6.07) is 0. The Balaban J connectivity index is 2.92. The van der Waals surface area contributed by atoms with Crippen LogP contribution in [-0.4, -0.2) is 31.0 Å². The van der Waals surface area contributed by atoms with E-state index in [1.165, 1.54) is 11.9 Å². The third-order valence-electron chi connectivity index (χ3n) is 1.62. The second-order valence-electron chi connectivity index (χ2n) is 2.75. The van der Waals surface area contributed by atoms with Gasteiger partial charge in [-0.2, -0.15) is 18.3 Å². The van der Waals surface area contributed by atoms with Crippen LogP contribution in [0.3, 0.4) is 0 Å². The van der Waals surface area contributed by atoms with E-state index < -0.39 is 11.7 Å². The number of likely N-dealkylation sites (N-methyl/N-ethyl adjacent to an activating group) is 1. The highest BCUT2D eigenvalue weighted by molar-refractivity contribution is 5.82. The van der Waals surface area contributed by atoms with Crippen LogP contribution in [-0.2, 0) is 0 Å². The first-order valence-electron chi connectivity index (χ1n) is 3.43. The summed E-state index contributed by atoms with van der Waals surface area (Å²) in [5, 5.41) is 5.02. The van der Waals surface area contributed by atoms with Crippen molar-refractivity contribution in [3.8, 4) is 0 Å². The molecule has 1 rings (SSSR count). The second-order valence-corrected chi connectivity index (χ2v) is 2.75. The zero-order chi connectivity index (χ0) is 9.35. The third-order valence-corrected chi connectivity index (χ3v) is 1.62. The van der Waals surface area contributed by atoms with Gasteiger partial charge in [-0.05, 0) is 12.5 Å². The lowest BCUT2D eigenvalue weighted by molar-refractivity contribution is -0.0870. The smallest absolute Gasteiger partial charge is 0.296 e. The predicted octanol–water partition coefficient (Wildman–Crippen LogP) is 1.80. The van der Waals surface area contributed by atoms with Crippen molar-refractivity contribution >= 4 is 6.21 Å². The number of hydrogen-bond acceptors (Lipinski definition) is 2. The molecular weight excluding hydrogens is 169 g/mol. The van der Waals surface area contributed by atoms with Gasteiger partial charge in [-0.15, -0.1) is 0 Å². The SMILES string of the molecule is CC1=C(C(F)(F)F)C=NN(C)C1. The number of hydrogen-bond donors (Lipinski definition) is 0. The minimum absolute atomic E-state index is 0.241. The first-order valence-corrected chi connectivity index (χ1v) is 3.43. The Morgan fingerprint density at radius 2 is 2.08 bits per heavy atom. The molecule has 0 radical (unpaired) electrons. The lowest BCUT2D eigenvalue weighted by Gasteiger charge is -2.21. The van der Waals surface area contributed by atoms with Crippen LogP contribution in [0.5, 0.6) is 0 Å². The zero-order valence-electron chi connectivity index (χ0n) is 6.81. The second kappa shape index (κ2) is 2.80. The normalized spacial score (nSPS) is 18.9. The Morgan fingerprint density at radius 1 is 1.50 bits per heavy atom. The van der Waals surface area contributed by atoms with Crippen molar-refractivity contribution in [3.05, 3.63) is 11.1 Å². The monoisotopic (exact) mass is 178 g/mol. The Bertz CT molecular complexity index is 240. The number of hydrazone groups is 1. The summed E-state index contributed by atoms with van der Waals surface area (Å²) in [5.41, 5.74) is -0.319. The van der Waals surface area contributed by atoms with Crippen molar-refractivity contribution in [2.45, 2.75) is 13.1 Å². The van der Waals surface area contributed by atoms with Gasteiger partial charge in [0.05, 0.1) is 18.3 Å². The molecule has 1 aliphatic rings. The molecule has 0 aromatic rings. The lowest BCUT2D eigenvalue weighted by atomic mass is 10.1. The van der Waals surface area contributed by atoms with Crippen LogP contribution >= 0.6 is 0 Å². The average Bonchev–Trinajstić information content (AvgIpc) is 1.83. The molecule has 0 saturated carbocycles. The van der Waals surface area contributed by atoms with Crippen molar-refractivity contribution in [2.75, 3.05) is 13.6 Å². The van der Waals surface area contributed by atoms with Gasteiger partial charge in [0, 0.05) is 7.05 Å². The fourth-order valence-corrected chi connectivity index (χ4v) is 1.05. The maximum absolute atomic E-state index is 12.2. The molecule has 0 fully saturated rings. The molecule has 0 bridgehead atoms. The number of nitrogens with zero attached hydrogens (tertiary/aromatic N) is 2. The lowest BCUT2D eigenvalue weighted by Crippen LogP contribution is -2.25. The van der Waals surface area contributed by atoms with Crippen molar-refractivity contribution in [1.29, 1.82) is 0 Å². The van der Waals surface area contributed by atoms with Gasteiger partial charge in [0.2, 0.25) is 0 Å². The molecule has 1 heterocycles.